The molecule has 2 bridgehead atoms. The maximum absolute atomic E-state index is 13.3. The highest BCUT2D eigenvalue weighted by Gasteiger charge is 2.49. The largest absolute Gasteiger partial charge is 0.483 e. The van der Waals surface area contributed by atoms with Crippen molar-refractivity contribution in [1.82, 2.24) is 14.7 Å². The first-order valence-electron chi connectivity index (χ1n) is 11.6. The lowest BCUT2D eigenvalue weighted by Crippen LogP contribution is -2.67. The van der Waals surface area contributed by atoms with Crippen LogP contribution in [0.5, 0.6) is 0 Å². The number of carbonyl (C=O) groups excluding carboxylic acids is 2. The van der Waals surface area contributed by atoms with Crippen molar-refractivity contribution in [3.63, 3.8) is 0 Å². The number of aryl methyl sites for hydroxylation is 2. The van der Waals surface area contributed by atoms with Crippen LogP contribution in [0.3, 0.4) is 0 Å². The minimum atomic E-state index is -0.250. The van der Waals surface area contributed by atoms with Gasteiger partial charge in [0.15, 0.2) is 0 Å². The van der Waals surface area contributed by atoms with Crippen LogP contribution in [-0.4, -0.2) is 83.9 Å². The minimum Gasteiger partial charge on any atom is -0.483 e. The molecule has 4 rings (SSSR count). The molecule has 176 valence electrons. The highest BCUT2D eigenvalue weighted by molar-refractivity contribution is 5.80. The summed E-state index contributed by atoms with van der Waals surface area (Å²) in [6.07, 6.45) is 4.41. The van der Waals surface area contributed by atoms with E-state index in [4.69, 9.17) is 9.90 Å². The molecule has 3 heterocycles. The topological polar surface area (TPSA) is 81.2 Å². The molecule has 32 heavy (non-hydrogen) atoms. The molecular weight excluding hydrogens is 406 g/mol. The molecule has 0 unspecified atom stereocenters. The summed E-state index contributed by atoms with van der Waals surface area (Å²) in [5, 5.41) is 6.89. The van der Waals surface area contributed by atoms with Crippen molar-refractivity contribution in [2.45, 2.75) is 58.0 Å². The lowest BCUT2D eigenvalue weighted by molar-refractivity contribution is -0.156. The van der Waals surface area contributed by atoms with Crippen molar-refractivity contribution in [3.8, 4) is 0 Å². The first kappa shape index (κ1) is 24.2. The van der Waals surface area contributed by atoms with Gasteiger partial charge in [-0.25, -0.2) is 0 Å². The molecule has 0 saturated carbocycles. The number of piperidine rings is 3. The number of amides is 2. The fourth-order valence-electron chi connectivity index (χ4n) is 5.85. The Hall–Kier alpha value is -2.41. The summed E-state index contributed by atoms with van der Waals surface area (Å²) in [4.78, 5) is 41.0. The van der Waals surface area contributed by atoms with Gasteiger partial charge in [-0.05, 0) is 70.2 Å². The third-order valence-corrected chi connectivity index (χ3v) is 7.25. The van der Waals surface area contributed by atoms with E-state index in [-0.39, 0.29) is 18.4 Å². The smallest absolute Gasteiger partial charge is 0.290 e. The molecule has 0 aromatic heterocycles. The number of likely N-dealkylation sites (N-methyl/N-ethyl adjacent to an activating group) is 1. The van der Waals surface area contributed by atoms with Crippen LogP contribution < -0.4 is 0 Å². The van der Waals surface area contributed by atoms with Gasteiger partial charge in [0.2, 0.25) is 11.8 Å². The molecule has 1 aromatic carbocycles. The van der Waals surface area contributed by atoms with E-state index in [0.717, 1.165) is 44.5 Å². The zero-order valence-corrected chi connectivity index (χ0v) is 19.8. The van der Waals surface area contributed by atoms with E-state index in [9.17, 15) is 9.59 Å². The van der Waals surface area contributed by atoms with E-state index < -0.39 is 0 Å². The summed E-state index contributed by atoms with van der Waals surface area (Å²) in [5.41, 5.74) is 3.54. The molecule has 3 aliphatic heterocycles. The van der Waals surface area contributed by atoms with Crippen molar-refractivity contribution in [3.05, 3.63) is 34.9 Å². The van der Waals surface area contributed by atoms with Gasteiger partial charge < -0.3 is 19.8 Å². The van der Waals surface area contributed by atoms with E-state index >= 15 is 0 Å². The summed E-state index contributed by atoms with van der Waals surface area (Å²) in [5.74, 6) is 1.39. The maximum atomic E-state index is 13.3. The van der Waals surface area contributed by atoms with Crippen LogP contribution >= 0.6 is 0 Å². The summed E-state index contributed by atoms with van der Waals surface area (Å²) >= 11 is 0. The molecule has 0 radical (unpaired) electrons. The zero-order chi connectivity index (χ0) is 23.4. The molecule has 1 aromatic rings. The number of likely N-dealkylation sites (tertiary alicyclic amines) is 1. The van der Waals surface area contributed by atoms with Gasteiger partial charge in [-0.15, -0.1) is 0 Å². The fourth-order valence-corrected chi connectivity index (χ4v) is 5.85. The van der Waals surface area contributed by atoms with Crippen LogP contribution in [0.15, 0.2) is 18.2 Å². The second-order valence-electron chi connectivity index (χ2n) is 9.86. The molecule has 7 heteroatoms. The Morgan fingerprint density at radius 2 is 1.91 bits per heavy atom. The van der Waals surface area contributed by atoms with Crippen molar-refractivity contribution in [1.29, 1.82) is 0 Å². The molecule has 7 nitrogen and oxygen atoms in total. The molecule has 3 fully saturated rings. The van der Waals surface area contributed by atoms with E-state index in [1.54, 1.807) is 0 Å². The lowest BCUT2D eigenvalue weighted by Gasteiger charge is -2.57. The first-order valence-corrected chi connectivity index (χ1v) is 11.6. The quantitative estimate of drug-likeness (QED) is 0.723. The van der Waals surface area contributed by atoms with Gasteiger partial charge >= 0.3 is 0 Å². The summed E-state index contributed by atoms with van der Waals surface area (Å²) < 4.78 is 0. The van der Waals surface area contributed by atoms with E-state index in [0.29, 0.717) is 36.6 Å². The Morgan fingerprint density at radius 1 is 1.22 bits per heavy atom. The van der Waals surface area contributed by atoms with Gasteiger partial charge in [-0.1, -0.05) is 23.8 Å². The number of rotatable bonds is 4. The summed E-state index contributed by atoms with van der Waals surface area (Å²) in [6, 6.07) is 6.91. The highest BCUT2D eigenvalue weighted by atomic mass is 16.3. The summed E-state index contributed by atoms with van der Waals surface area (Å²) in [6.45, 7) is 6.40. The molecule has 0 spiro atoms. The Balaban J connectivity index is 0.000000913. The second-order valence-corrected chi connectivity index (χ2v) is 9.86. The number of benzene rings is 1. The average molecular weight is 444 g/mol. The van der Waals surface area contributed by atoms with Crippen molar-refractivity contribution in [2.24, 2.45) is 11.8 Å². The third kappa shape index (κ3) is 5.31. The van der Waals surface area contributed by atoms with Gasteiger partial charge in [0, 0.05) is 38.1 Å². The molecule has 0 aliphatic carbocycles. The Kier molecular flexibility index (Phi) is 7.93. The van der Waals surface area contributed by atoms with Crippen molar-refractivity contribution < 1.29 is 19.5 Å². The number of fused-ring (bicyclic) bond motifs is 4. The van der Waals surface area contributed by atoms with Crippen LogP contribution in [0, 0.1) is 25.7 Å². The predicted octanol–water partition coefficient (Wildman–Crippen LogP) is 2.34. The van der Waals surface area contributed by atoms with Crippen molar-refractivity contribution in [2.75, 3.05) is 33.7 Å². The summed E-state index contributed by atoms with van der Waals surface area (Å²) in [7, 11) is 4.17. The van der Waals surface area contributed by atoms with Gasteiger partial charge in [0.05, 0.1) is 6.42 Å². The van der Waals surface area contributed by atoms with Crippen LogP contribution in [0.4, 0.5) is 0 Å². The SMILES string of the molecule is Cc1ccc(C)c(CC(=O)N2C[C@H]3C[C@@H](C2)[C@H](CN(C)C)N2C(=O)CCC[C@@H]32)c1.O=CO. The van der Waals surface area contributed by atoms with Crippen LogP contribution in [0.25, 0.3) is 0 Å². The number of hydrogen-bond acceptors (Lipinski definition) is 4. The van der Waals surface area contributed by atoms with E-state index in [1.165, 1.54) is 11.1 Å². The van der Waals surface area contributed by atoms with Gasteiger partial charge in [0.25, 0.3) is 6.47 Å². The standard InChI is InChI=1S/C24H35N3O2.CH2O2/c1-16-8-9-17(2)18(10-16)12-24(29)26-13-19-11-20(14-26)22(15-25(3)4)27-21(19)6-5-7-23(27)28;2-1-3/h8-10,19-22H,5-7,11-15H2,1-4H3;1H,(H,2,3)/t19-,20+,21+,22+;/m1./s1. The molecule has 3 aliphatic rings. The maximum Gasteiger partial charge on any atom is 0.290 e. The number of hydrogen-bond donors (Lipinski definition) is 1. The highest BCUT2D eigenvalue weighted by Crippen LogP contribution is 2.41. The molecule has 4 atom stereocenters. The fraction of sp³-hybridized carbons (Fsp3) is 0.640. The van der Waals surface area contributed by atoms with Crippen LogP contribution in [0.2, 0.25) is 0 Å². The monoisotopic (exact) mass is 443 g/mol. The second kappa shape index (κ2) is 10.5. The zero-order valence-electron chi connectivity index (χ0n) is 19.8. The van der Waals surface area contributed by atoms with Gasteiger partial charge in [0.1, 0.15) is 0 Å². The van der Waals surface area contributed by atoms with Gasteiger partial charge in [-0.2, -0.15) is 0 Å². The third-order valence-electron chi connectivity index (χ3n) is 7.25. The normalized spacial score (nSPS) is 26.8. The average Bonchev–Trinajstić information content (AvgIpc) is 2.74. The van der Waals surface area contributed by atoms with Crippen LogP contribution in [0.1, 0.15) is 42.4 Å². The van der Waals surface area contributed by atoms with Crippen molar-refractivity contribution >= 4 is 18.3 Å². The van der Waals surface area contributed by atoms with E-state index in [1.807, 2.05) is 0 Å². The number of nitrogens with zero attached hydrogens (tertiary/aromatic N) is 3. The lowest BCUT2D eigenvalue weighted by atomic mass is 9.72. The van der Waals surface area contributed by atoms with E-state index in [2.05, 4.69) is 60.8 Å². The Morgan fingerprint density at radius 3 is 2.59 bits per heavy atom. The minimum absolute atomic E-state index is 0.232. The van der Waals surface area contributed by atoms with Crippen LogP contribution in [-0.2, 0) is 20.8 Å². The van der Waals surface area contributed by atoms with Gasteiger partial charge in [-0.3, -0.25) is 14.4 Å². The molecule has 2 amide bonds. The number of carboxylic acid groups (broad SMARTS) is 1. The molecular formula is C25H37N3O4. The first-order chi connectivity index (χ1) is 15.2. The Bertz CT molecular complexity index is 840. The predicted molar refractivity (Wildman–Crippen MR) is 123 cm³/mol. The number of carbonyl (C=O) groups is 3. The molecule has 3 saturated heterocycles. The Labute approximate surface area is 191 Å². The molecule has 1 N–H and O–H groups in total.